The maximum absolute atomic E-state index is 13.5. The first-order chi connectivity index (χ1) is 17.2. The number of rotatable bonds is 7. The number of nitrogens with two attached hydrogens (primary N) is 1. The zero-order valence-electron chi connectivity index (χ0n) is 20.7. The summed E-state index contributed by atoms with van der Waals surface area (Å²) >= 11 is 0. The van der Waals surface area contributed by atoms with Gasteiger partial charge in [0.1, 0.15) is 11.7 Å². The van der Waals surface area contributed by atoms with Crippen LogP contribution in [0.1, 0.15) is 48.5 Å². The molecule has 1 fully saturated rings. The number of likely N-dealkylation sites (tertiary alicyclic amines) is 1. The summed E-state index contributed by atoms with van der Waals surface area (Å²) in [7, 11) is 0. The monoisotopic (exact) mass is 487 g/mol. The Balaban J connectivity index is 1.58. The molecule has 0 radical (unpaired) electrons. The van der Waals surface area contributed by atoms with E-state index in [-0.39, 0.29) is 23.3 Å². The van der Waals surface area contributed by atoms with Crippen LogP contribution in [0.4, 0.5) is 4.39 Å². The predicted octanol–water partition coefficient (Wildman–Crippen LogP) is 4.06. The third kappa shape index (κ3) is 5.56. The predicted molar refractivity (Wildman–Crippen MR) is 138 cm³/mol. The van der Waals surface area contributed by atoms with Crippen molar-refractivity contribution >= 4 is 17.5 Å². The number of carbonyl (C=O) groups is 1. The van der Waals surface area contributed by atoms with Gasteiger partial charge in [-0.05, 0) is 75.1 Å². The Morgan fingerprint density at radius 1 is 1.17 bits per heavy atom. The smallest absolute Gasteiger partial charge is 0.252 e. The summed E-state index contributed by atoms with van der Waals surface area (Å²) in [6.45, 7) is 6.88. The van der Waals surface area contributed by atoms with E-state index in [0.717, 1.165) is 29.9 Å². The van der Waals surface area contributed by atoms with E-state index >= 15 is 0 Å². The molecule has 3 aromatic rings. The number of aromatic nitrogens is 3. The molecule has 36 heavy (non-hydrogen) atoms. The summed E-state index contributed by atoms with van der Waals surface area (Å²) in [6, 6.07) is 8.53. The second-order valence-corrected chi connectivity index (χ2v) is 8.97. The van der Waals surface area contributed by atoms with Gasteiger partial charge in [-0.25, -0.2) is 14.4 Å². The Morgan fingerprint density at radius 3 is 2.47 bits per heavy atom. The first kappa shape index (κ1) is 25.0. The third-order valence-electron chi connectivity index (χ3n) is 6.19. The average molecular weight is 488 g/mol. The van der Waals surface area contributed by atoms with Crippen molar-refractivity contribution < 1.29 is 9.18 Å². The van der Waals surface area contributed by atoms with Crippen LogP contribution in [0.3, 0.4) is 0 Å². The molecular formula is C27H30FN7O. The maximum atomic E-state index is 13.5. The number of nitrogens with zero attached hydrogens (tertiary/aromatic N) is 5. The van der Waals surface area contributed by atoms with E-state index in [1.165, 1.54) is 12.1 Å². The molecule has 4 rings (SSSR count). The maximum Gasteiger partial charge on any atom is 0.252 e. The summed E-state index contributed by atoms with van der Waals surface area (Å²) in [4.78, 5) is 28.3. The first-order valence-electron chi connectivity index (χ1n) is 11.9. The number of aliphatic imine (C=N–C) groups is 1. The van der Waals surface area contributed by atoms with Gasteiger partial charge < -0.3 is 15.2 Å². The number of pyridine rings is 1. The molecule has 1 aromatic carbocycles. The number of hydrogen-bond acceptors (Lipinski definition) is 5. The van der Waals surface area contributed by atoms with Crippen molar-refractivity contribution in [1.29, 1.82) is 5.41 Å². The fourth-order valence-corrected chi connectivity index (χ4v) is 4.16. The van der Waals surface area contributed by atoms with Gasteiger partial charge in [-0.1, -0.05) is 12.1 Å². The highest BCUT2D eigenvalue weighted by atomic mass is 19.1. The van der Waals surface area contributed by atoms with Crippen LogP contribution in [0.5, 0.6) is 0 Å². The van der Waals surface area contributed by atoms with Crippen LogP contribution in [-0.2, 0) is 4.79 Å². The lowest BCUT2D eigenvalue weighted by molar-refractivity contribution is -0.131. The van der Waals surface area contributed by atoms with Crippen LogP contribution in [0, 0.1) is 25.1 Å². The van der Waals surface area contributed by atoms with E-state index < -0.39 is 6.04 Å². The van der Waals surface area contributed by atoms with Crippen molar-refractivity contribution in [2.45, 2.75) is 39.7 Å². The molecule has 8 nitrogen and oxygen atoms in total. The SMILES string of the molecule is C/C(=C/C(=N)c1ccc(-n2cnc(C)c2)c(C)n1)C(N)=NC(C(=O)N1CCCC1)c1ccc(F)cc1. The number of amidine groups is 1. The molecule has 0 bridgehead atoms. The molecule has 2 aromatic heterocycles. The van der Waals surface area contributed by atoms with E-state index in [4.69, 9.17) is 11.1 Å². The van der Waals surface area contributed by atoms with E-state index in [1.807, 2.05) is 30.7 Å². The molecule has 1 aliphatic rings. The van der Waals surface area contributed by atoms with E-state index in [1.54, 1.807) is 42.4 Å². The van der Waals surface area contributed by atoms with Crippen molar-refractivity contribution in [3.63, 3.8) is 0 Å². The lowest BCUT2D eigenvalue weighted by atomic mass is 10.1. The van der Waals surface area contributed by atoms with Crippen LogP contribution in [0.25, 0.3) is 5.69 Å². The van der Waals surface area contributed by atoms with Crippen LogP contribution in [-0.4, -0.2) is 50.0 Å². The van der Waals surface area contributed by atoms with Gasteiger partial charge in [-0.3, -0.25) is 15.2 Å². The van der Waals surface area contributed by atoms with Gasteiger partial charge in [-0.15, -0.1) is 0 Å². The highest BCUT2D eigenvalue weighted by molar-refractivity contribution is 6.11. The van der Waals surface area contributed by atoms with E-state index in [9.17, 15) is 9.18 Å². The highest BCUT2D eigenvalue weighted by Gasteiger charge is 2.28. The van der Waals surface area contributed by atoms with Crippen molar-refractivity contribution in [3.8, 4) is 5.69 Å². The van der Waals surface area contributed by atoms with Gasteiger partial charge >= 0.3 is 0 Å². The fourth-order valence-electron chi connectivity index (χ4n) is 4.16. The number of nitrogens with one attached hydrogen (secondary N) is 1. The molecule has 9 heteroatoms. The number of imidazole rings is 1. The molecule has 0 saturated carbocycles. The van der Waals surface area contributed by atoms with Crippen LogP contribution >= 0.6 is 0 Å². The lowest BCUT2D eigenvalue weighted by Crippen LogP contribution is -2.33. The molecule has 1 atom stereocenters. The molecule has 1 amide bonds. The number of amides is 1. The van der Waals surface area contributed by atoms with E-state index in [0.29, 0.717) is 29.9 Å². The standard InChI is InChI=1S/C27H30FN7O/c1-17(14-22(29)23-10-11-24(19(3)32-23)35-15-18(2)31-16-35)26(30)33-25(20-6-8-21(28)9-7-20)27(36)34-12-4-5-13-34/h6-11,14-16,25,29H,4-5,12-13H2,1-3H3,(H2,30,33)/b17-14-,29-22?. The van der Waals surface area contributed by atoms with Crippen LogP contribution in [0.2, 0.25) is 0 Å². The third-order valence-corrected chi connectivity index (χ3v) is 6.19. The van der Waals surface area contributed by atoms with Gasteiger partial charge in [0.25, 0.3) is 5.91 Å². The topological polar surface area (TPSA) is 113 Å². The largest absolute Gasteiger partial charge is 0.384 e. The fraction of sp³-hybridized carbons (Fsp3) is 0.296. The summed E-state index contributed by atoms with van der Waals surface area (Å²) in [5.74, 6) is -0.402. The van der Waals surface area contributed by atoms with Crippen LogP contribution < -0.4 is 5.73 Å². The summed E-state index contributed by atoms with van der Waals surface area (Å²) in [5, 5.41) is 8.53. The molecule has 1 aliphatic heterocycles. The molecule has 1 unspecified atom stereocenters. The quantitative estimate of drug-likeness (QED) is 0.386. The van der Waals surface area contributed by atoms with Gasteiger partial charge in [0.05, 0.1) is 34.8 Å². The number of aryl methyl sites for hydroxylation is 2. The zero-order chi connectivity index (χ0) is 25.8. The van der Waals surface area contributed by atoms with Gasteiger partial charge in [0.2, 0.25) is 0 Å². The van der Waals surface area contributed by atoms with Crippen molar-refractivity contribution in [2.24, 2.45) is 10.7 Å². The lowest BCUT2D eigenvalue weighted by Gasteiger charge is -2.21. The number of carbonyl (C=O) groups excluding carboxylic acids is 1. The number of allylic oxidation sites excluding steroid dienone is 1. The highest BCUT2D eigenvalue weighted by Crippen LogP contribution is 2.24. The summed E-state index contributed by atoms with van der Waals surface area (Å²) < 4.78 is 15.4. The number of halogens is 1. The Morgan fingerprint density at radius 2 is 1.86 bits per heavy atom. The summed E-state index contributed by atoms with van der Waals surface area (Å²) in [6.07, 6.45) is 7.12. The molecule has 0 spiro atoms. The second kappa shape index (κ2) is 10.6. The summed E-state index contributed by atoms with van der Waals surface area (Å²) in [5.41, 5.74) is 10.6. The Hall–Kier alpha value is -4.14. The average Bonchev–Trinajstić information content (AvgIpc) is 3.54. The molecule has 3 N–H and O–H groups in total. The van der Waals surface area contributed by atoms with E-state index in [2.05, 4.69) is 15.0 Å². The first-order valence-corrected chi connectivity index (χ1v) is 11.9. The molecular weight excluding hydrogens is 457 g/mol. The Labute approximate surface area is 209 Å². The second-order valence-electron chi connectivity index (χ2n) is 8.97. The van der Waals surface area contributed by atoms with Crippen LogP contribution in [0.15, 0.2) is 65.6 Å². The van der Waals surface area contributed by atoms with Gasteiger partial charge in [0.15, 0.2) is 6.04 Å². The molecule has 3 heterocycles. The Kier molecular flexibility index (Phi) is 7.38. The minimum Gasteiger partial charge on any atom is -0.384 e. The van der Waals surface area contributed by atoms with Gasteiger partial charge in [-0.2, -0.15) is 0 Å². The molecule has 1 saturated heterocycles. The Bertz CT molecular complexity index is 1330. The number of benzene rings is 1. The minimum absolute atomic E-state index is 0.142. The van der Waals surface area contributed by atoms with Crippen molar-refractivity contribution in [2.75, 3.05) is 13.1 Å². The van der Waals surface area contributed by atoms with Gasteiger partial charge in [0, 0.05) is 19.3 Å². The van der Waals surface area contributed by atoms with Crippen molar-refractivity contribution in [1.82, 2.24) is 19.4 Å². The molecule has 0 aliphatic carbocycles. The van der Waals surface area contributed by atoms with Crippen molar-refractivity contribution in [3.05, 3.63) is 89.0 Å². The zero-order valence-corrected chi connectivity index (χ0v) is 20.7. The normalized spacial score (nSPS) is 15.3. The minimum atomic E-state index is -0.875. The molecule has 186 valence electrons. The number of hydrogen-bond donors (Lipinski definition) is 2.